The lowest BCUT2D eigenvalue weighted by atomic mass is 9.84. The highest BCUT2D eigenvalue weighted by Gasteiger charge is 2.36. The van der Waals surface area contributed by atoms with E-state index in [0.29, 0.717) is 51.1 Å². The van der Waals surface area contributed by atoms with Crippen LogP contribution in [-0.4, -0.2) is 65.4 Å². The fourth-order valence-electron chi connectivity index (χ4n) is 4.99. The maximum absolute atomic E-state index is 13.4. The molecule has 2 saturated heterocycles. The van der Waals surface area contributed by atoms with Gasteiger partial charge in [-0.1, -0.05) is 60.6 Å². The van der Waals surface area contributed by atoms with Gasteiger partial charge in [0.25, 0.3) is 0 Å². The second-order valence-corrected chi connectivity index (χ2v) is 9.28. The zero-order valence-corrected chi connectivity index (χ0v) is 19.9. The Morgan fingerprint density at radius 2 is 1.74 bits per heavy atom. The van der Waals surface area contributed by atoms with Crippen LogP contribution in [0.2, 0.25) is 0 Å². The van der Waals surface area contributed by atoms with E-state index < -0.39 is 0 Å². The molecule has 2 fully saturated rings. The minimum absolute atomic E-state index is 0.0140. The van der Waals surface area contributed by atoms with Gasteiger partial charge in [0.1, 0.15) is 0 Å². The van der Waals surface area contributed by atoms with Gasteiger partial charge in [-0.3, -0.25) is 0 Å². The number of hydrogen-bond acceptors (Lipinski definition) is 5. The van der Waals surface area contributed by atoms with Crippen LogP contribution in [0.5, 0.6) is 0 Å². The summed E-state index contributed by atoms with van der Waals surface area (Å²) in [5, 5.41) is 4.29. The summed E-state index contributed by atoms with van der Waals surface area (Å²) in [6.07, 6.45) is 1.88. The highest BCUT2D eigenvalue weighted by Crippen LogP contribution is 2.36. The van der Waals surface area contributed by atoms with Crippen LogP contribution in [0, 0.1) is 6.92 Å². The monoisotopic (exact) mass is 460 g/mol. The molecule has 0 spiro atoms. The number of benzene rings is 2. The van der Waals surface area contributed by atoms with Gasteiger partial charge in [-0.25, -0.2) is 4.79 Å². The molecule has 2 atom stereocenters. The lowest BCUT2D eigenvalue weighted by Gasteiger charge is -2.40. The van der Waals surface area contributed by atoms with Crippen molar-refractivity contribution >= 4 is 6.03 Å². The van der Waals surface area contributed by atoms with Crippen LogP contribution in [0.4, 0.5) is 4.79 Å². The van der Waals surface area contributed by atoms with E-state index in [0.717, 1.165) is 24.0 Å². The first-order valence-corrected chi connectivity index (χ1v) is 12.2. The molecular formula is C27H32N4O3. The summed E-state index contributed by atoms with van der Waals surface area (Å²) >= 11 is 0. The molecule has 0 bridgehead atoms. The standard InChI is InChI=1S/C27H32N4O3/c1-3-20-8-10-21(11-9-20)22-16-23(18-31(17-22)27(32)30-12-14-33-15-13-30)26-28-25(29-34-26)24-7-5-4-6-19(24)2/h4-11,22-23H,3,12-18H2,1-2H3. The van der Waals surface area contributed by atoms with Crippen molar-refractivity contribution in [1.82, 2.24) is 19.9 Å². The molecule has 5 rings (SSSR count). The Balaban J connectivity index is 1.42. The van der Waals surface area contributed by atoms with E-state index in [1.54, 1.807) is 0 Å². The number of aromatic nitrogens is 2. The molecule has 3 aromatic rings. The molecular weight excluding hydrogens is 428 g/mol. The average molecular weight is 461 g/mol. The Bertz CT molecular complexity index is 1120. The number of piperidine rings is 1. The number of nitrogens with zero attached hydrogens (tertiary/aromatic N) is 4. The number of amides is 2. The molecule has 3 heterocycles. The zero-order valence-electron chi connectivity index (χ0n) is 19.9. The number of carbonyl (C=O) groups excluding carboxylic acids is 1. The van der Waals surface area contributed by atoms with Crippen molar-refractivity contribution in [2.75, 3.05) is 39.4 Å². The number of carbonyl (C=O) groups is 1. The first-order chi connectivity index (χ1) is 16.6. The fourth-order valence-corrected chi connectivity index (χ4v) is 4.99. The third-order valence-corrected chi connectivity index (χ3v) is 7.04. The number of hydrogen-bond donors (Lipinski definition) is 0. The molecule has 2 aliphatic heterocycles. The molecule has 0 N–H and O–H groups in total. The number of ether oxygens (including phenoxy) is 1. The molecule has 34 heavy (non-hydrogen) atoms. The molecule has 2 aliphatic rings. The van der Waals surface area contributed by atoms with Crippen LogP contribution in [0.15, 0.2) is 53.1 Å². The second-order valence-electron chi connectivity index (χ2n) is 9.28. The van der Waals surface area contributed by atoms with Crippen LogP contribution >= 0.6 is 0 Å². The molecule has 7 heteroatoms. The minimum atomic E-state index is -0.0140. The van der Waals surface area contributed by atoms with Crippen LogP contribution in [0.25, 0.3) is 11.4 Å². The number of aryl methyl sites for hydroxylation is 2. The van der Waals surface area contributed by atoms with E-state index in [4.69, 9.17) is 14.2 Å². The van der Waals surface area contributed by atoms with Crippen LogP contribution in [-0.2, 0) is 11.2 Å². The Morgan fingerprint density at radius 1 is 1.00 bits per heavy atom. The Kier molecular flexibility index (Phi) is 6.63. The zero-order chi connectivity index (χ0) is 23.5. The molecule has 0 radical (unpaired) electrons. The van der Waals surface area contributed by atoms with Gasteiger partial charge in [0, 0.05) is 37.7 Å². The molecule has 2 amide bonds. The topological polar surface area (TPSA) is 71.7 Å². The molecule has 2 unspecified atom stereocenters. The number of morpholine rings is 1. The van der Waals surface area contributed by atoms with E-state index in [1.165, 1.54) is 11.1 Å². The van der Waals surface area contributed by atoms with Gasteiger partial charge in [0.2, 0.25) is 11.7 Å². The predicted molar refractivity (Wildman–Crippen MR) is 130 cm³/mol. The summed E-state index contributed by atoms with van der Waals surface area (Å²) in [5.74, 6) is 1.41. The molecule has 178 valence electrons. The normalized spacial score (nSPS) is 21.0. The van der Waals surface area contributed by atoms with Gasteiger partial charge in [-0.2, -0.15) is 4.98 Å². The SMILES string of the molecule is CCc1ccc(C2CC(c3nc(-c4ccccc4C)no3)CN(C(=O)N3CCOCC3)C2)cc1. The predicted octanol–water partition coefficient (Wildman–Crippen LogP) is 4.63. The highest BCUT2D eigenvalue weighted by atomic mass is 16.5. The number of likely N-dealkylation sites (tertiary alicyclic amines) is 1. The largest absolute Gasteiger partial charge is 0.378 e. The summed E-state index contributed by atoms with van der Waals surface area (Å²) < 4.78 is 11.2. The third-order valence-electron chi connectivity index (χ3n) is 7.04. The lowest BCUT2D eigenvalue weighted by molar-refractivity contribution is 0.0392. The Morgan fingerprint density at radius 3 is 2.47 bits per heavy atom. The molecule has 2 aromatic carbocycles. The number of urea groups is 1. The highest BCUT2D eigenvalue weighted by molar-refractivity contribution is 5.75. The maximum Gasteiger partial charge on any atom is 0.320 e. The summed E-state index contributed by atoms with van der Waals surface area (Å²) in [6.45, 7) is 7.93. The van der Waals surface area contributed by atoms with Crippen LogP contribution < -0.4 is 0 Å². The van der Waals surface area contributed by atoms with Crippen molar-refractivity contribution in [2.24, 2.45) is 0 Å². The number of rotatable bonds is 4. The van der Waals surface area contributed by atoms with Gasteiger partial charge < -0.3 is 19.1 Å². The smallest absolute Gasteiger partial charge is 0.320 e. The minimum Gasteiger partial charge on any atom is -0.378 e. The summed E-state index contributed by atoms with van der Waals surface area (Å²) in [4.78, 5) is 22.1. The average Bonchev–Trinajstić information content (AvgIpc) is 3.39. The van der Waals surface area contributed by atoms with E-state index in [-0.39, 0.29) is 17.9 Å². The quantitative estimate of drug-likeness (QED) is 0.568. The van der Waals surface area contributed by atoms with Gasteiger partial charge in [-0.05, 0) is 36.5 Å². The Labute approximate surface area is 200 Å². The summed E-state index contributed by atoms with van der Waals surface area (Å²) in [6, 6.07) is 16.9. The fraction of sp³-hybridized carbons (Fsp3) is 0.444. The van der Waals surface area contributed by atoms with Gasteiger partial charge >= 0.3 is 6.03 Å². The molecule has 0 aliphatic carbocycles. The van der Waals surface area contributed by atoms with Gasteiger partial charge in [-0.15, -0.1) is 0 Å². The van der Waals surface area contributed by atoms with Crippen molar-refractivity contribution in [3.8, 4) is 11.4 Å². The first-order valence-electron chi connectivity index (χ1n) is 12.2. The van der Waals surface area contributed by atoms with Gasteiger partial charge in [0.15, 0.2) is 0 Å². The van der Waals surface area contributed by atoms with Crippen molar-refractivity contribution in [1.29, 1.82) is 0 Å². The maximum atomic E-state index is 13.4. The van der Waals surface area contributed by atoms with Crippen molar-refractivity contribution < 1.29 is 14.1 Å². The van der Waals surface area contributed by atoms with Crippen molar-refractivity contribution in [2.45, 2.75) is 38.5 Å². The van der Waals surface area contributed by atoms with Crippen molar-refractivity contribution in [3.63, 3.8) is 0 Å². The van der Waals surface area contributed by atoms with Crippen molar-refractivity contribution in [3.05, 3.63) is 71.1 Å². The Hall–Kier alpha value is -3.19. The van der Waals surface area contributed by atoms with E-state index in [1.807, 2.05) is 41.0 Å². The summed E-state index contributed by atoms with van der Waals surface area (Å²) in [5.41, 5.74) is 4.65. The molecule has 7 nitrogen and oxygen atoms in total. The van der Waals surface area contributed by atoms with E-state index in [2.05, 4.69) is 36.3 Å². The molecule has 0 saturated carbocycles. The van der Waals surface area contributed by atoms with Crippen LogP contribution in [0.3, 0.4) is 0 Å². The first kappa shape index (κ1) is 22.6. The van der Waals surface area contributed by atoms with E-state index >= 15 is 0 Å². The molecule has 1 aromatic heterocycles. The second kappa shape index (κ2) is 9.97. The summed E-state index contributed by atoms with van der Waals surface area (Å²) in [7, 11) is 0. The van der Waals surface area contributed by atoms with Crippen LogP contribution in [0.1, 0.15) is 47.8 Å². The third kappa shape index (κ3) is 4.71. The lowest BCUT2D eigenvalue weighted by Crippen LogP contribution is -2.52. The van der Waals surface area contributed by atoms with E-state index in [9.17, 15) is 4.79 Å². The van der Waals surface area contributed by atoms with Gasteiger partial charge in [0.05, 0.1) is 19.1 Å².